The Morgan fingerprint density at radius 1 is 1.62 bits per heavy atom. The van der Waals surface area contributed by atoms with E-state index in [0.717, 1.165) is 9.35 Å². The van der Waals surface area contributed by atoms with Crippen LogP contribution in [0.3, 0.4) is 0 Å². The Hall–Kier alpha value is -0.390. The van der Waals surface area contributed by atoms with Gasteiger partial charge in [-0.15, -0.1) is 11.3 Å². The summed E-state index contributed by atoms with van der Waals surface area (Å²) < 4.78 is 6.35. The van der Waals surface area contributed by atoms with Crippen LogP contribution in [0.1, 0.15) is 19.4 Å². The minimum atomic E-state index is 0.0102. The van der Waals surface area contributed by atoms with Gasteiger partial charge in [0.1, 0.15) is 6.61 Å². The van der Waals surface area contributed by atoms with Gasteiger partial charge in [-0.25, -0.2) is 0 Å². The quantitative estimate of drug-likeness (QED) is 0.837. The highest BCUT2D eigenvalue weighted by Gasteiger charge is 2.10. The van der Waals surface area contributed by atoms with Gasteiger partial charge in [-0.05, 0) is 46.8 Å². The van der Waals surface area contributed by atoms with Gasteiger partial charge in [-0.1, -0.05) is 0 Å². The van der Waals surface area contributed by atoms with Gasteiger partial charge in [0.05, 0.1) is 9.89 Å². The highest BCUT2D eigenvalue weighted by molar-refractivity contribution is 9.11. The van der Waals surface area contributed by atoms with E-state index in [9.17, 15) is 4.79 Å². The molecule has 1 aromatic heterocycles. The second-order valence-electron chi connectivity index (χ2n) is 3.87. The van der Waals surface area contributed by atoms with Crippen LogP contribution in [0.25, 0.3) is 0 Å². The minimum Gasteiger partial charge on any atom is -0.369 e. The number of rotatable bonds is 5. The Morgan fingerprint density at radius 3 is 2.81 bits per heavy atom. The lowest BCUT2D eigenvalue weighted by Gasteiger charge is -2.17. The van der Waals surface area contributed by atoms with Crippen molar-refractivity contribution in [1.29, 1.82) is 0 Å². The number of carbonyl (C=O) groups is 1. The average Bonchev–Trinajstić information content (AvgIpc) is 2.60. The van der Waals surface area contributed by atoms with Crippen LogP contribution in [0, 0.1) is 0 Å². The van der Waals surface area contributed by atoms with Crippen molar-refractivity contribution >= 4 is 33.2 Å². The molecule has 0 aliphatic carbocycles. The molecule has 1 rings (SSSR count). The van der Waals surface area contributed by atoms with Gasteiger partial charge in [0.25, 0.3) is 0 Å². The Kier molecular flexibility index (Phi) is 5.44. The highest BCUT2D eigenvalue weighted by atomic mass is 79.9. The van der Waals surface area contributed by atoms with Crippen molar-refractivity contribution in [3.63, 3.8) is 0 Å². The standard InChI is InChI=1S/C11H16BrNO2S/c1-8(2)15-6-11(14)13(3)5-9-4-10(12)16-7-9/h4,7-8H,5-6H2,1-3H3. The molecule has 0 unspecified atom stereocenters. The van der Waals surface area contributed by atoms with Crippen LogP contribution in [0.15, 0.2) is 15.2 Å². The predicted octanol–water partition coefficient (Wildman–Crippen LogP) is 2.89. The molecule has 90 valence electrons. The fourth-order valence-electron chi connectivity index (χ4n) is 1.14. The molecule has 3 nitrogen and oxygen atoms in total. The molecule has 0 aliphatic rings. The Labute approximate surface area is 109 Å². The third kappa shape index (κ3) is 4.63. The molecule has 0 fully saturated rings. The summed E-state index contributed by atoms with van der Waals surface area (Å²) in [6.07, 6.45) is 0.0904. The lowest BCUT2D eigenvalue weighted by atomic mass is 10.3. The van der Waals surface area contributed by atoms with Crippen molar-refractivity contribution in [3.8, 4) is 0 Å². The zero-order valence-corrected chi connectivity index (χ0v) is 12.1. The summed E-state index contributed by atoms with van der Waals surface area (Å²) in [7, 11) is 1.79. The topological polar surface area (TPSA) is 29.5 Å². The van der Waals surface area contributed by atoms with Gasteiger partial charge in [0.15, 0.2) is 0 Å². The van der Waals surface area contributed by atoms with Crippen LogP contribution in [0.5, 0.6) is 0 Å². The molecule has 0 aliphatic heterocycles. The molecule has 0 saturated heterocycles. The normalized spacial score (nSPS) is 10.8. The molecular weight excluding hydrogens is 290 g/mol. The summed E-state index contributed by atoms with van der Waals surface area (Å²) in [5, 5.41) is 2.04. The van der Waals surface area contributed by atoms with Gasteiger partial charge < -0.3 is 9.64 Å². The van der Waals surface area contributed by atoms with E-state index in [1.807, 2.05) is 25.3 Å². The van der Waals surface area contributed by atoms with E-state index in [0.29, 0.717) is 6.54 Å². The van der Waals surface area contributed by atoms with E-state index in [-0.39, 0.29) is 18.6 Å². The molecular formula is C11H16BrNO2S. The van der Waals surface area contributed by atoms with Gasteiger partial charge in [-0.3, -0.25) is 4.79 Å². The molecule has 16 heavy (non-hydrogen) atoms. The highest BCUT2D eigenvalue weighted by Crippen LogP contribution is 2.21. The van der Waals surface area contributed by atoms with Crippen molar-refractivity contribution in [2.45, 2.75) is 26.5 Å². The summed E-state index contributed by atoms with van der Waals surface area (Å²) in [6.45, 7) is 4.62. The van der Waals surface area contributed by atoms with Crippen LogP contribution in [-0.4, -0.2) is 30.6 Å². The van der Waals surface area contributed by atoms with E-state index in [1.54, 1.807) is 23.3 Å². The van der Waals surface area contributed by atoms with E-state index in [1.165, 1.54) is 0 Å². The lowest BCUT2D eigenvalue weighted by Crippen LogP contribution is -2.30. The van der Waals surface area contributed by atoms with Crippen LogP contribution in [0.4, 0.5) is 0 Å². The van der Waals surface area contributed by atoms with E-state index >= 15 is 0 Å². The number of ether oxygens (including phenoxy) is 1. The van der Waals surface area contributed by atoms with Crippen molar-refractivity contribution < 1.29 is 9.53 Å². The monoisotopic (exact) mass is 305 g/mol. The van der Waals surface area contributed by atoms with E-state index < -0.39 is 0 Å². The zero-order valence-electron chi connectivity index (χ0n) is 9.70. The van der Waals surface area contributed by atoms with E-state index in [2.05, 4.69) is 15.9 Å². The largest absolute Gasteiger partial charge is 0.369 e. The Balaban J connectivity index is 2.39. The number of likely N-dealkylation sites (N-methyl/N-ethyl adjacent to an activating group) is 1. The van der Waals surface area contributed by atoms with Crippen molar-refractivity contribution in [1.82, 2.24) is 4.90 Å². The second kappa shape index (κ2) is 6.37. The first-order chi connectivity index (χ1) is 7.49. The van der Waals surface area contributed by atoms with Crippen molar-refractivity contribution in [3.05, 3.63) is 20.8 Å². The molecule has 1 amide bonds. The minimum absolute atomic E-state index is 0.0102. The van der Waals surface area contributed by atoms with Gasteiger partial charge in [-0.2, -0.15) is 0 Å². The molecule has 0 spiro atoms. The number of hydrogen-bond acceptors (Lipinski definition) is 3. The summed E-state index contributed by atoms with van der Waals surface area (Å²) in [5.74, 6) is 0.0102. The maximum atomic E-state index is 11.7. The molecule has 0 atom stereocenters. The third-order valence-electron chi connectivity index (χ3n) is 2.01. The number of amides is 1. The second-order valence-corrected chi connectivity index (χ2v) is 6.16. The average molecular weight is 306 g/mol. The molecule has 1 aromatic rings. The van der Waals surface area contributed by atoms with Gasteiger partial charge >= 0.3 is 0 Å². The van der Waals surface area contributed by atoms with Gasteiger partial charge in [0, 0.05) is 13.6 Å². The van der Waals surface area contributed by atoms with Crippen LogP contribution in [0.2, 0.25) is 0 Å². The first-order valence-corrected chi connectivity index (χ1v) is 6.74. The molecule has 0 N–H and O–H groups in total. The number of nitrogens with zero attached hydrogens (tertiary/aromatic N) is 1. The van der Waals surface area contributed by atoms with Crippen LogP contribution in [-0.2, 0) is 16.1 Å². The maximum absolute atomic E-state index is 11.7. The number of halogens is 1. The molecule has 1 heterocycles. The van der Waals surface area contributed by atoms with Crippen molar-refractivity contribution in [2.75, 3.05) is 13.7 Å². The fraction of sp³-hybridized carbons (Fsp3) is 0.545. The number of hydrogen-bond donors (Lipinski definition) is 0. The SMILES string of the molecule is CC(C)OCC(=O)N(C)Cc1csc(Br)c1. The summed E-state index contributed by atoms with van der Waals surface area (Å²) in [6, 6.07) is 2.03. The molecule has 0 aromatic carbocycles. The van der Waals surface area contributed by atoms with Crippen LogP contribution >= 0.6 is 27.3 Å². The molecule has 0 bridgehead atoms. The molecule has 5 heteroatoms. The maximum Gasteiger partial charge on any atom is 0.248 e. The van der Waals surface area contributed by atoms with E-state index in [4.69, 9.17) is 4.74 Å². The molecule has 0 radical (unpaired) electrons. The van der Waals surface area contributed by atoms with Crippen molar-refractivity contribution in [2.24, 2.45) is 0 Å². The van der Waals surface area contributed by atoms with Gasteiger partial charge in [0.2, 0.25) is 5.91 Å². The first-order valence-electron chi connectivity index (χ1n) is 5.07. The number of carbonyl (C=O) groups excluding carboxylic acids is 1. The zero-order chi connectivity index (χ0) is 12.1. The Morgan fingerprint density at radius 2 is 2.31 bits per heavy atom. The van der Waals surface area contributed by atoms with Crippen LogP contribution < -0.4 is 0 Å². The first kappa shape index (κ1) is 13.7. The number of thiophene rings is 1. The summed E-state index contributed by atoms with van der Waals surface area (Å²) >= 11 is 5.02. The predicted molar refractivity (Wildman–Crippen MR) is 69.6 cm³/mol. The summed E-state index contributed by atoms with van der Waals surface area (Å²) in [5.41, 5.74) is 1.14. The Bertz CT molecular complexity index is 352. The lowest BCUT2D eigenvalue weighted by molar-refractivity contribution is -0.136. The smallest absolute Gasteiger partial charge is 0.248 e. The third-order valence-corrected chi connectivity index (χ3v) is 3.56. The summed E-state index contributed by atoms with van der Waals surface area (Å²) in [4.78, 5) is 13.3. The fourth-order valence-corrected chi connectivity index (χ4v) is 2.34. The molecule has 0 saturated carbocycles.